The van der Waals surface area contributed by atoms with Crippen molar-refractivity contribution in [2.75, 3.05) is 0 Å². The topological polar surface area (TPSA) is 46.5 Å². The van der Waals surface area contributed by atoms with E-state index in [0.717, 1.165) is 5.56 Å². The Morgan fingerprint density at radius 1 is 1.10 bits per heavy atom. The lowest BCUT2D eigenvalue weighted by molar-refractivity contribution is -0.131. The highest BCUT2D eigenvalue weighted by Crippen LogP contribution is 2.23. The zero-order valence-corrected chi connectivity index (χ0v) is 10.8. The first-order valence-corrected chi connectivity index (χ1v) is 5.99. The van der Waals surface area contributed by atoms with Crippen molar-refractivity contribution in [1.29, 1.82) is 0 Å². The minimum absolute atomic E-state index is 0.00232. The highest BCUT2D eigenvalue weighted by molar-refractivity contribution is 5.73. The molecule has 20 heavy (non-hydrogen) atoms. The Morgan fingerprint density at radius 2 is 1.75 bits per heavy atom. The number of halogens is 1. The molecule has 0 aliphatic heterocycles. The van der Waals surface area contributed by atoms with Crippen LogP contribution in [0.3, 0.4) is 0 Å². The maximum absolute atomic E-state index is 12.8. The number of esters is 1. The number of phenolic OH excluding ortho intramolecular Hbond substituents is 1. The molecule has 0 saturated carbocycles. The van der Waals surface area contributed by atoms with Gasteiger partial charge in [0.05, 0.1) is 0 Å². The molecular formula is C16H13FO3. The molecule has 0 aromatic heterocycles. The Morgan fingerprint density at radius 3 is 2.40 bits per heavy atom. The van der Waals surface area contributed by atoms with Crippen LogP contribution >= 0.6 is 0 Å². The van der Waals surface area contributed by atoms with Crippen LogP contribution in [0.2, 0.25) is 0 Å². The lowest BCUT2D eigenvalue weighted by Crippen LogP contribution is -2.01. The van der Waals surface area contributed by atoms with Gasteiger partial charge in [0.25, 0.3) is 0 Å². The SMILES string of the molecule is CC(=O)Oc1cc(O)cc(/C=C/c2ccc(F)cc2)c1. The molecule has 0 radical (unpaired) electrons. The molecule has 2 aromatic rings. The number of carbonyl (C=O) groups is 1. The molecule has 0 aliphatic rings. The molecule has 2 aromatic carbocycles. The molecule has 0 unspecified atom stereocenters. The monoisotopic (exact) mass is 272 g/mol. The van der Waals surface area contributed by atoms with Crippen LogP contribution in [0.15, 0.2) is 42.5 Å². The van der Waals surface area contributed by atoms with Gasteiger partial charge >= 0.3 is 5.97 Å². The lowest BCUT2D eigenvalue weighted by atomic mass is 10.1. The molecule has 102 valence electrons. The van der Waals surface area contributed by atoms with E-state index < -0.39 is 5.97 Å². The number of ether oxygens (including phenoxy) is 1. The first-order valence-electron chi connectivity index (χ1n) is 5.99. The van der Waals surface area contributed by atoms with Crippen molar-refractivity contribution in [2.45, 2.75) is 6.92 Å². The van der Waals surface area contributed by atoms with Crippen molar-refractivity contribution in [3.05, 3.63) is 59.4 Å². The number of phenols is 1. The van der Waals surface area contributed by atoms with E-state index in [1.807, 2.05) is 0 Å². The minimum atomic E-state index is -0.455. The van der Waals surface area contributed by atoms with Crippen LogP contribution in [0, 0.1) is 5.82 Å². The fraction of sp³-hybridized carbons (Fsp3) is 0.0625. The Balaban J connectivity index is 2.22. The highest BCUT2D eigenvalue weighted by atomic mass is 19.1. The van der Waals surface area contributed by atoms with E-state index in [9.17, 15) is 14.3 Å². The summed E-state index contributed by atoms with van der Waals surface area (Å²) >= 11 is 0. The van der Waals surface area contributed by atoms with Gasteiger partial charge in [-0.05, 0) is 35.4 Å². The van der Waals surface area contributed by atoms with Crippen LogP contribution in [0.4, 0.5) is 4.39 Å². The van der Waals surface area contributed by atoms with E-state index in [-0.39, 0.29) is 17.3 Å². The van der Waals surface area contributed by atoms with Gasteiger partial charge in [0.1, 0.15) is 17.3 Å². The number of rotatable bonds is 3. The summed E-state index contributed by atoms with van der Waals surface area (Å²) in [5.74, 6) is -0.473. The molecule has 0 saturated heterocycles. The van der Waals surface area contributed by atoms with Crippen molar-refractivity contribution < 1.29 is 19.0 Å². The van der Waals surface area contributed by atoms with Crippen LogP contribution in [-0.4, -0.2) is 11.1 Å². The average molecular weight is 272 g/mol. The maximum Gasteiger partial charge on any atom is 0.308 e. The van der Waals surface area contributed by atoms with Gasteiger partial charge in [0.2, 0.25) is 0 Å². The summed E-state index contributed by atoms with van der Waals surface area (Å²) in [5.41, 5.74) is 1.49. The molecule has 0 heterocycles. The second-order valence-electron chi connectivity index (χ2n) is 4.24. The summed E-state index contributed by atoms with van der Waals surface area (Å²) in [6.45, 7) is 1.29. The molecule has 0 amide bonds. The number of carbonyl (C=O) groups excluding carboxylic acids is 1. The van der Waals surface area contributed by atoms with Gasteiger partial charge in [0, 0.05) is 13.0 Å². The fourth-order valence-corrected chi connectivity index (χ4v) is 1.69. The van der Waals surface area contributed by atoms with E-state index in [4.69, 9.17) is 4.74 Å². The third-order valence-corrected chi connectivity index (χ3v) is 2.51. The van der Waals surface area contributed by atoms with Gasteiger partial charge in [0.15, 0.2) is 0 Å². The summed E-state index contributed by atoms with van der Waals surface area (Å²) < 4.78 is 17.7. The normalized spacial score (nSPS) is 10.7. The van der Waals surface area contributed by atoms with Crippen molar-refractivity contribution in [1.82, 2.24) is 0 Å². The predicted molar refractivity (Wildman–Crippen MR) is 74.7 cm³/mol. The Hall–Kier alpha value is -2.62. The van der Waals surface area contributed by atoms with Crippen molar-refractivity contribution in [3.8, 4) is 11.5 Å². The highest BCUT2D eigenvalue weighted by Gasteiger charge is 2.02. The second kappa shape index (κ2) is 6.02. The second-order valence-corrected chi connectivity index (χ2v) is 4.24. The summed E-state index contributed by atoms with van der Waals surface area (Å²) in [7, 11) is 0. The van der Waals surface area contributed by atoms with Gasteiger partial charge in [-0.15, -0.1) is 0 Å². The van der Waals surface area contributed by atoms with Gasteiger partial charge in [-0.2, -0.15) is 0 Å². The van der Waals surface area contributed by atoms with Crippen molar-refractivity contribution >= 4 is 18.1 Å². The third kappa shape index (κ3) is 3.95. The summed E-state index contributed by atoms with van der Waals surface area (Å²) in [6.07, 6.45) is 3.51. The Kier molecular flexibility index (Phi) is 4.15. The number of benzene rings is 2. The molecule has 0 atom stereocenters. The number of aromatic hydroxyl groups is 1. The molecule has 4 heteroatoms. The molecule has 2 rings (SSSR count). The number of hydrogen-bond donors (Lipinski definition) is 1. The van der Waals surface area contributed by atoms with E-state index >= 15 is 0 Å². The third-order valence-electron chi connectivity index (χ3n) is 2.51. The van der Waals surface area contributed by atoms with E-state index in [2.05, 4.69) is 0 Å². The molecule has 0 spiro atoms. The first kappa shape index (κ1) is 13.8. The summed E-state index contributed by atoms with van der Waals surface area (Å²) in [4.78, 5) is 10.9. The summed E-state index contributed by atoms with van der Waals surface area (Å²) in [6, 6.07) is 10.5. The van der Waals surface area contributed by atoms with Gasteiger partial charge in [-0.3, -0.25) is 4.79 Å². The Bertz CT molecular complexity index is 645. The molecular weight excluding hydrogens is 259 g/mol. The van der Waals surface area contributed by atoms with E-state index in [1.165, 1.54) is 31.2 Å². The zero-order chi connectivity index (χ0) is 14.5. The largest absolute Gasteiger partial charge is 0.508 e. The van der Waals surface area contributed by atoms with E-state index in [1.54, 1.807) is 30.4 Å². The van der Waals surface area contributed by atoms with Crippen LogP contribution in [0.25, 0.3) is 12.2 Å². The quantitative estimate of drug-likeness (QED) is 0.527. The van der Waals surface area contributed by atoms with Crippen LogP contribution < -0.4 is 4.74 Å². The smallest absolute Gasteiger partial charge is 0.308 e. The van der Waals surface area contributed by atoms with E-state index in [0.29, 0.717) is 5.56 Å². The Labute approximate surface area is 115 Å². The molecule has 3 nitrogen and oxygen atoms in total. The van der Waals surface area contributed by atoms with Gasteiger partial charge in [-0.1, -0.05) is 24.3 Å². The molecule has 0 fully saturated rings. The fourth-order valence-electron chi connectivity index (χ4n) is 1.69. The van der Waals surface area contributed by atoms with Crippen molar-refractivity contribution in [2.24, 2.45) is 0 Å². The average Bonchev–Trinajstić information content (AvgIpc) is 2.36. The van der Waals surface area contributed by atoms with Crippen LogP contribution in [0.1, 0.15) is 18.1 Å². The standard InChI is InChI=1S/C16H13FO3/c1-11(18)20-16-9-13(8-15(19)10-16)3-2-12-4-6-14(17)7-5-12/h2-10,19H,1H3/b3-2+. The summed E-state index contributed by atoms with van der Waals surface area (Å²) in [5, 5.41) is 9.57. The van der Waals surface area contributed by atoms with Gasteiger partial charge in [-0.25, -0.2) is 4.39 Å². The molecule has 0 bridgehead atoms. The first-order chi connectivity index (χ1) is 9.52. The lowest BCUT2D eigenvalue weighted by Gasteiger charge is -2.03. The predicted octanol–water partition coefficient (Wildman–Crippen LogP) is 3.63. The van der Waals surface area contributed by atoms with Crippen LogP contribution in [0.5, 0.6) is 11.5 Å². The van der Waals surface area contributed by atoms with Gasteiger partial charge < -0.3 is 9.84 Å². The van der Waals surface area contributed by atoms with Crippen LogP contribution in [-0.2, 0) is 4.79 Å². The van der Waals surface area contributed by atoms with Crippen molar-refractivity contribution in [3.63, 3.8) is 0 Å². The maximum atomic E-state index is 12.8. The number of hydrogen-bond acceptors (Lipinski definition) is 3. The molecule has 1 N–H and O–H groups in total. The minimum Gasteiger partial charge on any atom is -0.508 e. The zero-order valence-electron chi connectivity index (χ0n) is 10.8. The molecule has 0 aliphatic carbocycles.